The number of phenolic OH excluding ortho intramolecular Hbond substituents is 1. The maximum absolute atomic E-state index is 13.8. The van der Waals surface area contributed by atoms with Crippen molar-refractivity contribution in [3.8, 4) is 34.8 Å². The van der Waals surface area contributed by atoms with Crippen LogP contribution in [0.3, 0.4) is 0 Å². The second kappa shape index (κ2) is 13.4. The molecule has 14 heteroatoms. The Labute approximate surface area is 305 Å². The van der Waals surface area contributed by atoms with E-state index in [0.29, 0.717) is 51.7 Å². The highest BCUT2D eigenvalue weighted by Gasteiger charge is 2.60. The summed E-state index contributed by atoms with van der Waals surface area (Å²) in [6.07, 6.45) is 0.555. The van der Waals surface area contributed by atoms with Crippen molar-refractivity contribution in [2.24, 2.45) is 0 Å². The summed E-state index contributed by atoms with van der Waals surface area (Å²) in [4.78, 5) is 31.6. The van der Waals surface area contributed by atoms with Crippen LogP contribution < -0.4 is 24.3 Å². The Morgan fingerprint density at radius 2 is 1.87 bits per heavy atom. The number of hydrogen-bond donors (Lipinski definition) is 2. The molecule has 0 spiro atoms. The minimum atomic E-state index is -0.992. The highest BCUT2D eigenvalue weighted by molar-refractivity contribution is 7.99. The van der Waals surface area contributed by atoms with Crippen LogP contribution in [0.2, 0.25) is 0 Å². The third-order valence-corrected chi connectivity index (χ3v) is 12.5. The van der Waals surface area contributed by atoms with Gasteiger partial charge in [-0.1, -0.05) is 24.3 Å². The van der Waals surface area contributed by atoms with Crippen LogP contribution in [-0.2, 0) is 20.7 Å². The van der Waals surface area contributed by atoms with Gasteiger partial charge in [0.2, 0.25) is 6.79 Å². The smallest absolute Gasteiger partial charge is 0.329 e. The molecule has 0 aliphatic carbocycles. The summed E-state index contributed by atoms with van der Waals surface area (Å²) in [5, 5.41) is 25.5. The largest absolute Gasteiger partial charge is 0.507 e. The van der Waals surface area contributed by atoms with E-state index in [1.807, 2.05) is 20.0 Å². The molecule has 3 aromatic carbocycles. The molecule has 4 bridgehead atoms. The number of carbonyl (C=O) groups is 2. The fraction of sp³-hybridized carbons (Fsp3) is 0.447. The van der Waals surface area contributed by atoms with Gasteiger partial charge in [-0.05, 0) is 50.6 Å². The zero-order chi connectivity index (χ0) is 36.4. The first-order valence-corrected chi connectivity index (χ1v) is 18.2. The van der Waals surface area contributed by atoms with E-state index in [1.165, 1.54) is 11.8 Å². The van der Waals surface area contributed by atoms with Crippen LogP contribution in [0.15, 0.2) is 36.4 Å². The summed E-state index contributed by atoms with van der Waals surface area (Å²) in [6.45, 7) is 3.57. The highest BCUT2D eigenvalue weighted by atomic mass is 32.2. The molecule has 3 aromatic rings. The zero-order valence-electron chi connectivity index (χ0n) is 29.5. The molecule has 1 unspecified atom stereocenters. The molecule has 2 fully saturated rings. The van der Waals surface area contributed by atoms with Crippen molar-refractivity contribution < 1.29 is 43.1 Å². The number of benzene rings is 3. The Hall–Kier alpha value is -4.68. The van der Waals surface area contributed by atoms with Crippen molar-refractivity contribution >= 4 is 23.6 Å². The number of carbonyl (C=O) groups excluding carboxylic acids is 2. The summed E-state index contributed by atoms with van der Waals surface area (Å²) >= 11 is 1.43. The number of fused-ring (bicyclic) bond motifs is 10. The predicted molar refractivity (Wildman–Crippen MR) is 189 cm³/mol. The minimum absolute atomic E-state index is 0.00679. The van der Waals surface area contributed by atoms with E-state index in [0.717, 1.165) is 16.7 Å². The summed E-state index contributed by atoms with van der Waals surface area (Å²) < 4.78 is 35.7. The van der Waals surface area contributed by atoms with Crippen molar-refractivity contribution in [2.75, 3.05) is 47.2 Å². The number of methoxy groups -OCH3 is 2. The molecule has 7 atom stereocenters. The molecule has 6 heterocycles. The molecule has 6 aliphatic rings. The third-order valence-electron chi connectivity index (χ3n) is 11.1. The fourth-order valence-corrected chi connectivity index (χ4v) is 10.4. The van der Waals surface area contributed by atoms with Gasteiger partial charge in [0.05, 0.1) is 30.5 Å². The Morgan fingerprint density at radius 1 is 1.10 bits per heavy atom. The van der Waals surface area contributed by atoms with Crippen LogP contribution in [0.25, 0.3) is 0 Å². The number of piperazine rings is 1. The SMILES string of the molecule is COCOc1c(OC)c(C)cc2c1[C@H]1C3[C@@H]4SC[C@H](NC(=O)c5ccccc5)C(=O)OC[C@@H](c5c6c(c(C)c(O)c54)OCO6)N3[C@@H](C#N)[C@H](C2)N1C. The van der Waals surface area contributed by atoms with Gasteiger partial charge in [-0.15, -0.1) is 11.8 Å². The molecule has 0 radical (unpaired) electrons. The average molecular weight is 729 g/mol. The third kappa shape index (κ3) is 5.16. The molecule has 2 N–H and O–H groups in total. The first kappa shape index (κ1) is 34.4. The summed E-state index contributed by atoms with van der Waals surface area (Å²) in [7, 11) is 5.20. The first-order chi connectivity index (χ1) is 25.2. The van der Waals surface area contributed by atoms with Gasteiger partial charge in [-0.3, -0.25) is 14.6 Å². The Kier molecular flexibility index (Phi) is 8.85. The second-order valence-electron chi connectivity index (χ2n) is 13.7. The van der Waals surface area contributed by atoms with Gasteiger partial charge in [-0.25, -0.2) is 4.79 Å². The standard InChI is InChI=1S/C38H40N4O9S/c1-18-11-21-12-23-24(13-39)42-25-14-48-38(45)22(40-37(44)20-9-7-6-8-10-20)15-52-36(28-27(25)35-33(50-17-51-35)19(2)31(28)43)30(42)29(41(23)3)26(21)34(32(18)47-5)49-16-46-4/h6-11,22-25,29-30,36,43H,12,14-17H2,1-5H3,(H,40,44)/t22-,23-,24-,25-,29-,30?,36+/m0/s1. The van der Waals surface area contributed by atoms with Gasteiger partial charge in [-0.2, -0.15) is 5.26 Å². The highest BCUT2D eigenvalue weighted by Crippen LogP contribution is 2.63. The molecule has 52 heavy (non-hydrogen) atoms. The van der Waals surface area contributed by atoms with Crippen LogP contribution in [0.5, 0.6) is 28.7 Å². The minimum Gasteiger partial charge on any atom is -0.507 e. The number of esters is 1. The Balaban J connectivity index is 1.34. The van der Waals surface area contributed by atoms with E-state index in [9.17, 15) is 20.0 Å². The number of hydrogen-bond acceptors (Lipinski definition) is 13. The molecule has 9 rings (SSSR count). The summed E-state index contributed by atoms with van der Waals surface area (Å²) in [5.41, 5.74) is 5.09. The molecule has 272 valence electrons. The van der Waals surface area contributed by atoms with E-state index in [-0.39, 0.29) is 43.8 Å². The number of aryl methyl sites for hydroxylation is 1. The van der Waals surface area contributed by atoms with Crippen molar-refractivity contribution in [3.05, 3.63) is 75.3 Å². The van der Waals surface area contributed by atoms with Gasteiger partial charge in [0.15, 0.2) is 29.8 Å². The normalized spacial score (nSPS) is 27.4. The van der Waals surface area contributed by atoms with Gasteiger partial charge >= 0.3 is 5.97 Å². The first-order valence-electron chi connectivity index (χ1n) is 17.2. The maximum atomic E-state index is 13.8. The lowest BCUT2D eigenvalue weighted by molar-refractivity contribution is -0.151. The number of nitriles is 1. The summed E-state index contributed by atoms with van der Waals surface area (Å²) in [6, 6.07) is 10.0. The molecule has 0 aromatic heterocycles. The van der Waals surface area contributed by atoms with Gasteiger partial charge in [0.25, 0.3) is 5.91 Å². The van der Waals surface area contributed by atoms with Crippen molar-refractivity contribution in [3.63, 3.8) is 0 Å². The van der Waals surface area contributed by atoms with E-state index < -0.39 is 41.3 Å². The van der Waals surface area contributed by atoms with E-state index in [2.05, 4.69) is 27.3 Å². The van der Waals surface area contributed by atoms with Crippen molar-refractivity contribution in [1.29, 1.82) is 5.26 Å². The lowest BCUT2D eigenvalue weighted by Gasteiger charge is -2.61. The van der Waals surface area contributed by atoms with Crippen LogP contribution in [0.1, 0.15) is 61.1 Å². The number of nitrogens with one attached hydrogen (secondary N) is 1. The maximum Gasteiger partial charge on any atom is 0.329 e. The number of likely N-dealkylation sites (N-methyl/N-ethyl adjacent to an activating group) is 1. The van der Waals surface area contributed by atoms with Crippen molar-refractivity contribution in [1.82, 2.24) is 15.1 Å². The topological polar surface area (TPSA) is 152 Å². The number of amides is 1. The molecule has 13 nitrogen and oxygen atoms in total. The average Bonchev–Trinajstić information content (AvgIpc) is 3.64. The number of ether oxygens (including phenoxy) is 6. The van der Waals surface area contributed by atoms with E-state index in [1.54, 1.807) is 45.4 Å². The fourth-order valence-electron chi connectivity index (χ4n) is 8.88. The Bertz CT molecular complexity index is 1990. The van der Waals surface area contributed by atoms with Crippen LogP contribution >= 0.6 is 11.8 Å². The van der Waals surface area contributed by atoms with Crippen LogP contribution in [0.4, 0.5) is 0 Å². The quantitative estimate of drug-likeness (QED) is 0.277. The lowest BCUT2D eigenvalue weighted by Crippen LogP contribution is -2.69. The molecule has 2 saturated heterocycles. The monoisotopic (exact) mass is 728 g/mol. The Morgan fingerprint density at radius 3 is 2.60 bits per heavy atom. The molecule has 6 aliphatic heterocycles. The van der Waals surface area contributed by atoms with Gasteiger partial charge in [0.1, 0.15) is 24.4 Å². The molecular weight excluding hydrogens is 689 g/mol. The number of nitrogens with zero attached hydrogens (tertiary/aromatic N) is 3. The van der Waals surface area contributed by atoms with Gasteiger partial charge < -0.3 is 38.8 Å². The molecule has 0 saturated carbocycles. The predicted octanol–water partition coefficient (Wildman–Crippen LogP) is 4.09. The number of phenols is 1. The molecular formula is C38H40N4O9S. The summed E-state index contributed by atoms with van der Waals surface area (Å²) in [5.74, 6) is 1.26. The second-order valence-corrected chi connectivity index (χ2v) is 14.9. The number of rotatable bonds is 6. The van der Waals surface area contributed by atoms with Crippen molar-refractivity contribution in [2.45, 2.75) is 61.8 Å². The lowest BCUT2D eigenvalue weighted by atomic mass is 9.71. The van der Waals surface area contributed by atoms with Crippen LogP contribution in [-0.4, -0.2) is 98.2 Å². The van der Waals surface area contributed by atoms with E-state index in [4.69, 9.17) is 28.4 Å². The van der Waals surface area contributed by atoms with Gasteiger partial charge in [0, 0.05) is 52.8 Å². The molecule has 1 amide bonds. The number of aromatic hydroxyl groups is 1. The zero-order valence-corrected chi connectivity index (χ0v) is 30.3. The number of thioether (sulfide) groups is 1. The van der Waals surface area contributed by atoms with Crippen LogP contribution in [0, 0.1) is 25.2 Å². The van der Waals surface area contributed by atoms with E-state index >= 15 is 0 Å².